The normalized spacial score (nSPS) is 28.7. The number of aliphatic hydroxyl groups is 11. The molecule has 12 N–H and O–H groups in total. The van der Waals surface area contributed by atoms with E-state index in [0.29, 0.717) is 12.8 Å². The van der Waals surface area contributed by atoms with Crippen LogP contribution < -0.4 is 5.32 Å². The molecule has 0 aromatic carbocycles. The summed E-state index contributed by atoms with van der Waals surface area (Å²) in [6.07, 6.45) is 40.9. The van der Waals surface area contributed by atoms with E-state index >= 15 is 0 Å². The highest BCUT2D eigenvalue weighted by Gasteiger charge is 2.53. The first-order chi connectivity index (χ1) is 43.8. The smallest absolute Gasteiger partial charge is 0.220 e. The lowest BCUT2D eigenvalue weighted by Gasteiger charge is -2.48. The number of rotatable bonds is 51. The Kier molecular flexibility index (Phi) is 46.8. The summed E-state index contributed by atoms with van der Waals surface area (Å²) in [6.45, 7) is 1.58. The molecular weight excluding hydrogens is 1150 g/mol. The molecule has 0 saturated carbocycles. The molecule has 3 aliphatic rings. The van der Waals surface area contributed by atoms with Crippen LogP contribution in [0.5, 0.6) is 0 Å². The molecule has 3 rings (SSSR count). The number of carbonyl (C=O) groups is 1. The average molecular weight is 1280 g/mol. The zero-order valence-electron chi connectivity index (χ0n) is 54.6. The summed E-state index contributed by atoms with van der Waals surface area (Å²) in [4.78, 5) is 13.4. The summed E-state index contributed by atoms with van der Waals surface area (Å²) >= 11 is 0. The van der Waals surface area contributed by atoms with Crippen molar-refractivity contribution in [3.8, 4) is 0 Å². The van der Waals surface area contributed by atoms with Gasteiger partial charge < -0.3 is 89.9 Å². The molecule has 19 nitrogen and oxygen atoms in total. The van der Waals surface area contributed by atoms with Gasteiger partial charge in [-0.05, 0) is 89.9 Å². The van der Waals surface area contributed by atoms with Crippen LogP contribution in [-0.4, -0.2) is 193 Å². The van der Waals surface area contributed by atoms with Crippen molar-refractivity contribution in [2.24, 2.45) is 0 Å². The molecule has 0 bridgehead atoms. The van der Waals surface area contributed by atoms with E-state index in [4.69, 9.17) is 28.4 Å². The fourth-order valence-electron chi connectivity index (χ4n) is 11.0. The molecule has 0 spiro atoms. The third kappa shape index (κ3) is 33.7. The minimum absolute atomic E-state index is 0.219. The molecule has 3 aliphatic heterocycles. The number of unbranched alkanes of at least 4 members (excludes halogenated alkanes) is 21. The maximum atomic E-state index is 13.4. The third-order valence-corrected chi connectivity index (χ3v) is 16.6. The van der Waals surface area contributed by atoms with Crippen LogP contribution in [0.3, 0.4) is 0 Å². The van der Waals surface area contributed by atoms with Crippen molar-refractivity contribution in [2.75, 3.05) is 26.4 Å². The Bertz CT molecular complexity index is 2010. The van der Waals surface area contributed by atoms with Crippen LogP contribution in [0.15, 0.2) is 97.2 Å². The van der Waals surface area contributed by atoms with Crippen LogP contribution in [0.2, 0.25) is 0 Å². The van der Waals surface area contributed by atoms with E-state index in [-0.39, 0.29) is 18.9 Å². The van der Waals surface area contributed by atoms with Gasteiger partial charge in [0.2, 0.25) is 5.91 Å². The number of carbonyl (C=O) groups excluding carboxylic acids is 1. The number of hydrogen-bond acceptors (Lipinski definition) is 18. The molecule has 19 heteroatoms. The predicted octanol–water partition coefficient (Wildman–Crippen LogP) is 8.88. The highest BCUT2D eigenvalue weighted by molar-refractivity contribution is 5.76. The standard InChI is InChI=1S/C71H121NO18/c1-3-5-7-9-11-13-15-17-19-21-23-25-26-27-28-29-31-33-35-37-39-41-43-45-47-49-59(77)72-54(55(76)48-46-44-42-40-38-36-34-32-30-24-22-20-18-16-14-12-10-8-6-4-2)53-85-69-65(83)62(80)67(57(51-74)87-69)90-71-66(84)63(81)68(58(52-75)88-71)89-70-64(82)61(79)60(78)56(50-73)86-70/h5,7,11,13,17,19,23,25,27-28,30,32,38,40,46,48,54-58,60-71,73-76,78-84H,3-4,6,8-10,12,14-16,18,20-22,24,26,29,31,33-37,39,41-45,47,49-53H2,1-2H3,(H,72,77)/b7-5-,13-11-,19-17-,25-23-,28-27-,32-30+,40-38+,48-46+. The van der Waals surface area contributed by atoms with Gasteiger partial charge in [-0.15, -0.1) is 0 Å². The Morgan fingerprint density at radius 1 is 0.411 bits per heavy atom. The second kappa shape index (κ2) is 52.0. The van der Waals surface area contributed by atoms with Gasteiger partial charge in [0.05, 0.1) is 38.6 Å². The molecule has 17 unspecified atom stereocenters. The van der Waals surface area contributed by atoms with Crippen LogP contribution in [-0.2, 0) is 33.2 Å². The largest absolute Gasteiger partial charge is 0.394 e. The van der Waals surface area contributed by atoms with Gasteiger partial charge in [-0.3, -0.25) is 4.79 Å². The van der Waals surface area contributed by atoms with Crippen LogP contribution >= 0.6 is 0 Å². The average Bonchev–Trinajstić information content (AvgIpc) is 0.847. The Balaban J connectivity index is 1.46. The third-order valence-electron chi connectivity index (χ3n) is 16.6. The molecular formula is C71H121NO18. The van der Waals surface area contributed by atoms with Gasteiger partial charge in [0.1, 0.15) is 73.2 Å². The molecule has 17 atom stereocenters. The van der Waals surface area contributed by atoms with Crippen LogP contribution in [0, 0.1) is 0 Å². The first-order valence-corrected chi connectivity index (χ1v) is 34.5. The molecule has 0 radical (unpaired) electrons. The number of nitrogens with one attached hydrogen (secondary N) is 1. The molecule has 0 aromatic rings. The SMILES string of the molecule is CC/C=C\C/C=C\C/C=C\C/C=C\C/C=C\CCCCCCCCCCCC(=O)NC(COC1OC(CO)C(OC2OC(CO)C(OC3OC(CO)C(O)C(O)C3O)C(O)C2O)C(O)C1O)C(O)/C=C/CC/C=C/CC/C=C/CCCCCCCCCCCC. The maximum absolute atomic E-state index is 13.4. The van der Waals surface area contributed by atoms with Gasteiger partial charge in [0.25, 0.3) is 0 Å². The zero-order valence-corrected chi connectivity index (χ0v) is 54.6. The summed E-state index contributed by atoms with van der Waals surface area (Å²) in [7, 11) is 0. The van der Waals surface area contributed by atoms with Gasteiger partial charge in [-0.1, -0.05) is 214 Å². The topological polar surface area (TPSA) is 307 Å². The Morgan fingerprint density at radius 2 is 0.778 bits per heavy atom. The lowest BCUT2D eigenvalue weighted by atomic mass is 9.96. The van der Waals surface area contributed by atoms with Crippen molar-refractivity contribution >= 4 is 5.91 Å². The second-order valence-electron chi connectivity index (χ2n) is 24.2. The van der Waals surface area contributed by atoms with E-state index in [9.17, 15) is 61.0 Å². The van der Waals surface area contributed by atoms with Crippen LogP contribution in [0.25, 0.3) is 0 Å². The molecule has 518 valence electrons. The highest BCUT2D eigenvalue weighted by atomic mass is 16.8. The number of amides is 1. The van der Waals surface area contributed by atoms with E-state index in [0.717, 1.165) is 89.9 Å². The molecule has 1 amide bonds. The van der Waals surface area contributed by atoms with Gasteiger partial charge in [-0.2, -0.15) is 0 Å². The van der Waals surface area contributed by atoms with E-state index in [1.165, 1.54) is 89.9 Å². The van der Waals surface area contributed by atoms with Crippen LogP contribution in [0.1, 0.15) is 213 Å². The maximum Gasteiger partial charge on any atom is 0.220 e. The monoisotopic (exact) mass is 1280 g/mol. The van der Waals surface area contributed by atoms with Gasteiger partial charge >= 0.3 is 0 Å². The summed E-state index contributed by atoms with van der Waals surface area (Å²) in [5.41, 5.74) is 0. The molecule has 3 fully saturated rings. The van der Waals surface area contributed by atoms with Crippen molar-refractivity contribution in [1.29, 1.82) is 0 Å². The Morgan fingerprint density at radius 3 is 1.24 bits per heavy atom. The van der Waals surface area contributed by atoms with E-state index in [1.807, 2.05) is 6.08 Å². The lowest BCUT2D eigenvalue weighted by Crippen LogP contribution is -2.66. The van der Waals surface area contributed by atoms with Crippen molar-refractivity contribution in [3.05, 3.63) is 97.2 Å². The van der Waals surface area contributed by atoms with Crippen molar-refractivity contribution in [2.45, 2.75) is 317 Å². The zero-order chi connectivity index (χ0) is 65.4. The lowest BCUT2D eigenvalue weighted by molar-refractivity contribution is -0.379. The number of ether oxygens (including phenoxy) is 6. The molecule has 0 aromatic heterocycles. The molecule has 3 heterocycles. The molecule has 0 aliphatic carbocycles. The first-order valence-electron chi connectivity index (χ1n) is 34.5. The molecule has 3 saturated heterocycles. The summed E-state index contributed by atoms with van der Waals surface area (Å²) in [6, 6.07) is -1.01. The van der Waals surface area contributed by atoms with Crippen molar-refractivity contribution in [3.63, 3.8) is 0 Å². The van der Waals surface area contributed by atoms with E-state index in [2.05, 4.69) is 104 Å². The van der Waals surface area contributed by atoms with Crippen LogP contribution in [0.4, 0.5) is 0 Å². The summed E-state index contributed by atoms with van der Waals surface area (Å²) in [5.74, 6) is -0.300. The van der Waals surface area contributed by atoms with Crippen molar-refractivity contribution < 1.29 is 89.4 Å². The minimum atomic E-state index is -1.99. The first kappa shape index (κ1) is 80.9. The minimum Gasteiger partial charge on any atom is -0.394 e. The Labute approximate surface area is 539 Å². The second-order valence-corrected chi connectivity index (χ2v) is 24.2. The number of allylic oxidation sites excluding steroid dienone is 15. The van der Waals surface area contributed by atoms with E-state index < -0.39 is 124 Å². The Hall–Kier alpha value is -3.29. The van der Waals surface area contributed by atoms with Crippen molar-refractivity contribution in [1.82, 2.24) is 5.32 Å². The number of hydrogen-bond donors (Lipinski definition) is 12. The van der Waals surface area contributed by atoms with E-state index in [1.54, 1.807) is 6.08 Å². The van der Waals surface area contributed by atoms with Gasteiger partial charge in [0.15, 0.2) is 18.9 Å². The fourth-order valence-corrected chi connectivity index (χ4v) is 11.0. The summed E-state index contributed by atoms with van der Waals surface area (Å²) < 4.78 is 34.3. The summed E-state index contributed by atoms with van der Waals surface area (Å²) in [5, 5.41) is 120. The van der Waals surface area contributed by atoms with Gasteiger partial charge in [0, 0.05) is 6.42 Å². The number of aliphatic hydroxyl groups excluding tert-OH is 11. The molecule has 90 heavy (non-hydrogen) atoms. The van der Waals surface area contributed by atoms with Gasteiger partial charge in [-0.25, -0.2) is 0 Å². The highest BCUT2D eigenvalue weighted by Crippen LogP contribution is 2.33. The quantitative estimate of drug-likeness (QED) is 0.0200. The predicted molar refractivity (Wildman–Crippen MR) is 351 cm³/mol. The fraction of sp³-hybridized carbons (Fsp3) is 0.761.